The van der Waals surface area contributed by atoms with Crippen molar-refractivity contribution in [1.82, 2.24) is 14.6 Å². The van der Waals surface area contributed by atoms with Crippen molar-refractivity contribution in [3.8, 4) is 0 Å². The Morgan fingerprint density at radius 3 is 2.70 bits per heavy atom. The lowest BCUT2D eigenvalue weighted by Crippen LogP contribution is -2.18. The highest BCUT2D eigenvalue weighted by Crippen LogP contribution is 2.20. The number of hydrogen-bond donors (Lipinski definition) is 1. The van der Waals surface area contributed by atoms with Crippen molar-refractivity contribution < 1.29 is 14.3 Å². The van der Waals surface area contributed by atoms with Crippen LogP contribution in [0.3, 0.4) is 0 Å². The van der Waals surface area contributed by atoms with Gasteiger partial charge in [-0.15, -0.1) is 5.10 Å². The number of carbonyl (C=O) groups is 2. The summed E-state index contributed by atoms with van der Waals surface area (Å²) in [5.41, 5.74) is 0.648. The molecule has 2 rings (SSSR count). The monoisotopic (exact) mass is 340 g/mol. The van der Waals surface area contributed by atoms with Crippen LogP contribution in [0, 0.1) is 5.92 Å². The topological polar surface area (TPSA) is 85.6 Å². The molecule has 0 radical (unpaired) electrons. The summed E-state index contributed by atoms with van der Waals surface area (Å²) in [6, 6.07) is 3.23. The van der Waals surface area contributed by atoms with E-state index in [0.29, 0.717) is 10.1 Å². The molecule has 7 nitrogen and oxygen atoms in total. The zero-order valence-electron chi connectivity index (χ0n) is 11.2. The van der Waals surface area contributed by atoms with Crippen molar-refractivity contribution in [2.75, 3.05) is 12.4 Å². The van der Waals surface area contributed by atoms with Crippen LogP contribution >= 0.6 is 15.9 Å². The summed E-state index contributed by atoms with van der Waals surface area (Å²) in [6.07, 6.45) is 0. The first-order valence-electron chi connectivity index (χ1n) is 5.88. The molecule has 106 valence electrons. The largest absolute Gasteiger partial charge is 0.464 e. The summed E-state index contributed by atoms with van der Waals surface area (Å²) < 4.78 is 6.66. The standard InChI is InChI=1S/C12H13BrN4O3/c1-6(2)10(18)15-12-14-9-7(13)4-5-8(11(19)20-3)17(9)16-12/h4-6H,1-3H3,(H,15,16,18). The molecule has 0 spiro atoms. The third-order valence-electron chi connectivity index (χ3n) is 2.59. The SMILES string of the molecule is COC(=O)c1ccc(Br)c2nc(NC(=O)C(C)C)nn12. The van der Waals surface area contributed by atoms with E-state index in [9.17, 15) is 9.59 Å². The molecule has 0 saturated heterocycles. The Hall–Kier alpha value is -1.96. The lowest BCUT2D eigenvalue weighted by Gasteiger charge is -2.02. The zero-order chi connectivity index (χ0) is 14.9. The number of ether oxygens (including phenoxy) is 1. The molecule has 1 amide bonds. The van der Waals surface area contributed by atoms with E-state index < -0.39 is 5.97 Å². The number of esters is 1. The van der Waals surface area contributed by atoms with Gasteiger partial charge in [0.05, 0.1) is 11.6 Å². The van der Waals surface area contributed by atoms with E-state index in [1.54, 1.807) is 26.0 Å². The molecule has 8 heteroatoms. The van der Waals surface area contributed by atoms with E-state index in [2.05, 4.69) is 36.1 Å². The smallest absolute Gasteiger partial charge is 0.356 e. The molecule has 2 heterocycles. The van der Waals surface area contributed by atoms with Crippen molar-refractivity contribution >= 4 is 39.4 Å². The average Bonchev–Trinajstić information content (AvgIpc) is 2.82. The van der Waals surface area contributed by atoms with Crippen molar-refractivity contribution in [2.45, 2.75) is 13.8 Å². The number of carbonyl (C=O) groups excluding carboxylic acids is 2. The average molecular weight is 341 g/mol. The molecule has 0 saturated carbocycles. The number of methoxy groups -OCH3 is 1. The molecule has 20 heavy (non-hydrogen) atoms. The predicted molar refractivity (Wildman–Crippen MR) is 75.5 cm³/mol. The highest BCUT2D eigenvalue weighted by molar-refractivity contribution is 9.10. The van der Waals surface area contributed by atoms with Gasteiger partial charge in [-0.1, -0.05) is 13.8 Å². The van der Waals surface area contributed by atoms with Crippen molar-refractivity contribution in [3.05, 3.63) is 22.3 Å². The first kappa shape index (κ1) is 14.4. The predicted octanol–water partition coefficient (Wildman–Crippen LogP) is 1.87. The summed E-state index contributed by atoms with van der Waals surface area (Å²) in [4.78, 5) is 27.5. The van der Waals surface area contributed by atoms with Crippen LogP contribution in [0.5, 0.6) is 0 Å². The van der Waals surface area contributed by atoms with E-state index in [-0.39, 0.29) is 23.5 Å². The summed E-state index contributed by atoms with van der Waals surface area (Å²) in [6.45, 7) is 3.53. The molecular weight excluding hydrogens is 328 g/mol. The van der Waals surface area contributed by atoms with Crippen molar-refractivity contribution in [2.24, 2.45) is 5.92 Å². The quantitative estimate of drug-likeness (QED) is 0.862. The Bertz CT molecular complexity index is 681. The van der Waals surface area contributed by atoms with Gasteiger partial charge in [0.25, 0.3) is 0 Å². The van der Waals surface area contributed by atoms with Gasteiger partial charge in [-0.3, -0.25) is 10.1 Å². The highest BCUT2D eigenvalue weighted by Gasteiger charge is 2.17. The second kappa shape index (κ2) is 5.58. The highest BCUT2D eigenvalue weighted by atomic mass is 79.9. The molecule has 0 fully saturated rings. The van der Waals surface area contributed by atoms with E-state index in [1.165, 1.54) is 11.6 Å². The number of nitrogens with one attached hydrogen (secondary N) is 1. The van der Waals surface area contributed by atoms with Gasteiger partial charge in [0.15, 0.2) is 11.3 Å². The van der Waals surface area contributed by atoms with Crippen LogP contribution in [0.15, 0.2) is 16.6 Å². The maximum absolute atomic E-state index is 11.7. The summed E-state index contributed by atoms with van der Waals surface area (Å²) >= 11 is 3.32. The number of nitrogens with zero attached hydrogens (tertiary/aromatic N) is 3. The number of fused-ring (bicyclic) bond motifs is 1. The third kappa shape index (κ3) is 2.64. The fourth-order valence-corrected chi connectivity index (χ4v) is 1.89. The molecule has 0 aromatic carbocycles. The van der Waals surface area contributed by atoms with Gasteiger partial charge in [0.2, 0.25) is 11.9 Å². The molecule has 0 aliphatic heterocycles. The van der Waals surface area contributed by atoms with Crippen LogP contribution in [0.2, 0.25) is 0 Å². The lowest BCUT2D eigenvalue weighted by molar-refractivity contribution is -0.118. The van der Waals surface area contributed by atoms with E-state index in [4.69, 9.17) is 0 Å². The van der Waals surface area contributed by atoms with Gasteiger partial charge in [-0.25, -0.2) is 9.31 Å². The number of hydrogen-bond acceptors (Lipinski definition) is 5. The first-order valence-corrected chi connectivity index (χ1v) is 6.67. The Morgan fingerprint density at radius 2 is 2.10 bits per heavy atom. The lowest BCUT2D eigenvalue weighted by atomic mass is 10.2. The first-order chi connectivity index (χ1) is 9.43. The minimum Gasteiger partial charge on any atom is -0.464 e. The maximum Gasteiger partial charge on any atom is 0.356 e. The van der Waals surface area contributed by atoms with Crippen LogP contribution < -0.4 is 5.32 Å². The summed E-state index contributed by atoms with van der Waals surface area (Å²) in [7, 11) is 1.29. The fraction of sp³-hybridized carbons (Fsp3) is 0.333. The number of pyridine rings is 1. The molecule has 0 bridgehead atoms. The Kier molecular flexibility index (Phi) is 4.03. The Labute approximate surface area is 123 Å². The van der Waals surface area contributed by atoms with E-state index >= 15 is 0 Å². The number of halogens is 1. The van der Waals surface area contributed by atoms with Crippen molar-refractivity contribution in [3.63, 3.8) is 0 Å². The van der Waals surface area contributed by atoms with Gasteiger partial charge in [0.1, 0.15) is 0 Å². The van der Waals surface area contributed by atoms with Crippen LogP contribution in [0.25, 0.3) is 5.65 Å². The molecule has 2 aromatic heterocycles. The van der Waals surface area contributed by atoms with E-state index in [1.807, 2.05) is 0 Å². The molecule has 2 aromatic rings. The normalized spacial score (nSPS) is 10.8. The van der Waals surface area contributed by atoms with Gasteiger partial charge < -0.3 is 4.74 Å². The minimum absolute atomic E-state index is 0.140. The van der Waals surface area contributed by atoms with E-state index in [0.717, 1.165) is 0 Å². The zero-order valence-corrected chi connectivity index (χ0v) is 12.8. The number of amides is 1. The van der Waals surface area contributed by atoms with Crippen LogP contribution in [-0.4, -0.2) is 33.6 Å². The van der Waals surface area contributed by atoms with Gasteiger partial charge in [-0.2, -0.15) is 4.98 Å². The Morgan fingerprint density at radius 1 is 1.40 bits per heavy atom. The van der Waals surface area contributed by atoms with Gasteiger partial charge in [-0.05, 0) is 28.1 Å². The second-order valence-electron chi connectivity index (χ2n) is 4.37. The molecule has 0 atom stereocenters. The van der Waals surface area contributed by atoms with Gasteiger partial charge >= 0.3 is 5.97 Å². The van der Waals surface area contributed by atoms with Crippen molar-refractivity contribution in [1.29, 1.82) is 0 Å². The van der Waals surface area contributed by atoms with Crippen LogP contribution in [0.1, 0.15) is 24.3 Å². The molecule has 0 aliphatic rings. The molecular formula is C12H13BrN4O3. The third-order valence-corrected chi connectivity index (χ3v) is 3.21. The molecule has 0 aliphatic carbocycles. The minimum atomic E-state index is -0.533. The molecule has 1 N–H and O–H groups in total. The Balaban J connectivity index is 2.49. The second-order valence-corrected chi connectivity index (χ2v) is 5.23. The summed E-state index contributed by atoms with van der Waals surface area (Å²) in [5, 5.41) is 6.69. The summed E-state index contributed by atoms with van der Waals surface area (Å²) in [5.74, 6) is -0.781. The number of aromatic nitrogens is 3. The van der Waals surface area contributed by atoms with Gasteiger partial charge in [0, 0.05) is 5.92 Å². The fourth-order valence-electron chi connectivity index (χ4n) is 1.50. The molecule has 0 unspecified atom stereocenters. The maximum atomic E-state index is 11.7. The van der Waals surface area contributed by atoms with Crippen LogP contribution in [-0.2, 0) is 9.53 Å². The number of anilines is 1. The number of rotatable bonds is 3. The van der Waals surface area contributed by atoms with Crippen LogP contribution in [0.4, 0.5) is 5.95 Å².